The number of pyridine rings is 1. The van der Waals surface area contributed by atoms with Gasteiger partial charge in [-0.05, 0) is 40.0 Å². The van der Waals surface area contributed by atoms with E-state index in [1.54, 1.807) is 27.7 Å². The van der Waals surface area contributed by atoms with Crippen molar-refractivity contribution in [1.29, 1.82) is 0 Å². The molecular formula is C13H20BNO3. The maximum Gasteiger partial charge on any atom is 0.496 e. The fourth-order valence-corrected chi connectivity index (χ4v) is 1.57. The number of hydrogen-bond acceptors (Lipinski definition) is 3. The van der Waals surface area contributed by atoms with Gasteiger partial charge in [0.25, 0.3) is 5.56 Å². The third kappa shape index (κ3) is 2.02. The normalized spacial score (nSPS) is 29.2. The minimum atomic E-state index is -3.10. The zero-order valence-electron chi connectivity index (χ0n) is 18.7. The Kier molecular flexibility index (Phi) is 1.41. The molecule has 0 atom stereocenters. The molecule has 0 amide bonds. The van der Waals surface area contributed by atoms with Crippen molar-refractivity contribution in [3.63, 3.8) is 0 Å². The first-order valence-electron chi connectivity index (χ1n) is 9.54. The first-order valence-corrected chi connectivity index (χ1v) is 5.54. The van der Waals surface area contributed by atoms with E-state index in [-0.39, 0.29) is 4.57 Å². The molecule has 0 spiro atoms. The Hall–Kier alpha value is -1.07. The number of rotatable bonds is 1. The average molecular weight is 257 g/mol. The molecule has 2 rings (SSSR count). The first kappa shape index (κ1) is 6.39. The second kappa shape index (κ2) is 3.97. The van der Waals surface area contributed by atoms with Crippen molar-refractivity contribution in [1.82, 2.24) is 4.57 Å². The monoisotopic (exact) mass is 257 g/mol. The molecule has 1 aromatic heterocycles. The summed E-state index contributed by atoms with van der Waals surface area (Å²) in [6, 6.07) is -0.765. The van der Waals surface area contributed by atoms with Crippen molar-refractivity contribution in [3.05, 3.63) is 28.1 Å². The van der Waals surface area contributed by atoms with Crippen molar-refractivity contribution >= 4 is 12.6 Å². The Morgan fingerprint density at radius 1 is 1.33 bits per heavy atom. The number of nitrogens with zero attached hydrogens (tertiary/aromatic N) is 1. The van der Waals surface area contributed by atoms with Crippen LogP contribution in [0.15, 0.2) is 17.0 Å². The predicted octanol–water partition coefficient (Wildman–Crippen LogP) is 0.993. The Morgan fingerprint density at radius 3 is 2.44 bits per heavy atom. The lowest BCUT2D eigenvalue weighted by Gasteiger charge is -2.32. The summed E-state index contributed by atoms with van der Waals surface area (Å²) < 4.78 is 73.0. The van der Waals surface area contributed by atoms with Crippen molar-refractivity contribution < 1.29 is 20.3 Å². The summed E-state index contributed by atoms with van der Waals surface area (Å²) in [5.74, 6) is 0. The van der Waals surface area contributed by atoms with E-state index >= 15 is 0 Å². The molecule has 18 heavy (non-hydrogen) atoms. The molecule has 0 unspecified atom stereocenters. The summed E-state index contributed by atoms with van der Waals surface area (Å²) >= 11 is 0. The molecule has 1 aliphatic rings. The summed E-state index contributed by atoms with van der Waals surface area (Å²) in [6.45, 7) is 0.721. The van der Waals surface area contributed by atoms with Gasteiger partial charge in [0.1, 0.15) is 0 Å². The van der Waals surface area contributed by atoms with Crippen molar-refractivity contribution in [3.8, 4) is 0 Å². The smallest absolute Gasteiger partial charge is 0.399 e. The third-order valence-electron chi connectivity index (χ3n) is 3.40. The quantitative estimate of drug-likeness (QED) is 0.704. The van der Waals surface area contributed by atoms with Gasteiger partial charge in [-0.2, -0.15) is 0 Å². The largest absolute Gasteiger partial charge is 0.496 e. The molecule has 0 aliphatic carbocycles. The van der Waals surface area contributed by atoms with Crippen LogP contribution < -0.4 is 11.0 Å². The van der Waals surface area contributed by atoms with Crippen LogP contribution in [0.2, 0.25) is 0 Å². The summed E-state index contributed by atoms with van der Waals surface area (Å²) in [4.78, 5) is 12.4. The van der Waals surface area contributed by atoms with E-state index in [0.717, 1.165) is 0 Å². The maximum absolute atomic E-state index is 12.4. The summed E-state index contributed by atoms with van der Waals surface area (Å²) in [7, 11) is -1.35. The zero-order chi connectivity index (χ0) is 20.5. The predicted molar refractivity (Wildman–Crippen MR) is 72.1 cm³/mol. The fourth-order valence-electron chi connectivity index (χ4n) is 1.57. The molecule has 1 saturated heterocycles. The van der Waals surface area contributed by atoms with Gasteiger partial charge in [-0.15, -0.1) is 0 Å². The molecule has 0 radical (unpaired) electrons. The van der Waals surface area contributed by atoms with Crippen LogP contribution in [0.4, 0.5) is 0 Å². The van der Waals surface area contributed by atoms with E-state index in [0.29, 0.717) is 0 Å². The van der Waals surface area contributed by atoms with Crippen LogP contribution in [0, 0.1) is 6.85 Å². The third-order valence-corrected chi connectivity index (χ3v) is 3.40. The number of aromatic nitrogens is 1. The SMILES string of the molecule is [2H]c1c(B2OC(C)(C)C(C)(C)O2)c([2H])n(C([2H])([2H])[2H])c(=O)c1C([2H])([2H])[2H]. The zero-order valence-corrected chi connectivity index (χ0v) is 10.7. The Bertz CT molecular complexity index is 736. The van der Waals surface area contributed by atoms with Gasteiger partial charge in [0.2, 0.25) is 0 Å². The van der Waals surface area contributed by atoms with Gasteiger partial charge >= 0.3 is 7.12 Å². The molecule has 1 fully saturated rings. The van der Waals surface area contributed by atoms with E-state index in [9.17, 15) is 4.79 Å². The summed E-state index contributed by atoms with van der Waals surface area (Å²) in [5.41, 5.74) is -4.52. The minimum Gasteiger partial charge on any atom is -0.399 e. The highest BCUT2D eigenvalue weighted by Gasteiger charge is 2.51. The molecule has 5 heteroatoms. The molecule has 0 N–H and O–H groups in total. The number of hydrogen-bond donors (Lipinski definition) is 0. The first-order chi connectivity index (χ1) is 11.4. The lowest BCUT2D eigenvalue weighted by atomic mass is 9.80. The maximum atomic E-state index is 12.4. The second-order valence-corrected chi connectivity index (χ2v) is 5.25. The molecule has 0 bridgehead atoms. The van der Waals surface area contributed by atoms with Crippen LogP contribution in [-0.2, 0) is 16.3 Å². The van der Waals surface area contributed by atoms with E-state index < -0.39 is 60.9 Å². The highest BCUT2D eigenvalue weighted by molar-refractivity contribution is 6.62. The van der Waals surface area contributed by atoms with Crippen molar-refractivity contribution in [2.75, 3.05) is 0 Å². The highest BCUT2D eigenvalue weighted by Crippen LogP contribution is 2.36. The summed E-state index contributed by atoms with van der Waals surface area (Å²) in [5, 5.41) is 0. The lowest BCUT2D eigenvalue weighted by Crippen LogP contribution is -2.41. The molecule has 4 nitrogen and oxygen atoms in total. The minimum absolute atomic E-state index is 0.0904. The standard InChI is InChI=1S/C13H20BNO3/c1-9-7-10(8-15(6)11(9)16)14-17-12(2,3)13(4,5)18-14/h7-8H,1-6H3/i1D3,6D3,7D,8D. The lowest BCUT2D eigenvalue weighted by molar-refractivity contribution is 0.00578. The topological polar surface area (TPSA) is 40.5 Å². The van der Waals surface area contributed by atoms with Gasteiger partial charge in [0.05, 0.1) is 13.9 Å². The van der Waals surface area contributed by atoms with Gasteiger partial charge in [-0.25, -0.2) is 0 Å². The van der Waals surface area contributed by atoms with Gasteiger partial charge in [0, 0.05) is 26.9 Å². The average Bonchev–Trinajstić information content (AvgIpc) is 2.53. The Morgan fingerprint density at radius 2 is 1.94 bits per heavy atom. The van der Waals surface area contributed by atoms with Gasteiger partial charge in [-0.1, -0.05) is 6.04 Å². The molecular weight excluding hydrogens is 229 g/mol. The van der Waals surface area contributed by atoms with Crippen LogP contribution in [0.1, 0.15) is 44.2 Å². The van der Waals surface area contributed by atoms with Gasteiger partial charge < -0.3 is 13.9 Å². The van der Waals surface area contributed by atoms with Crippen LogP contribution in [-0.4, -0.2) is 22.9 Å². The van der Waals surface area contributed by atoms with E-state index in [1.165, 1.54) is 0 Å². The van der Waals surface area contributed by atoms with E-state index in [4.69, 9.17) is 20.3 Å². The van der Waals surface area contributed by atoms with Crippen LogP contribution in [0.25, 0.3) is 0 Å². The van der Waals surface area contributed by atoms with Crippen molar-refractivity contribution in [2.24, 2.45) is 6.98 Å². The van der Waals surface area contributed by atoms with E-state index in [1.807, 2.05) is 0 Å². The van der Waals surface area contributed by atoms with Gasteiger partial charge in [0.15, 0.2) is 0 Å². The Labute approximate surface area is 119 Å². The second-order valence-electron chi connectivity index (χ2n) is 5.25. The highest BCUT2D eigenvalue weighted by atomic mass is 16.7. The van der Waals surface area contributed by atoms with Crippen LogP contribution in [0.3, 0.4) is 0 Å². The van der Waals surface area contributed by atoms with E-state index in [2.05, 4.69) is 0 Å². The molecule has 1 aliphatic heterocycles. The van der Waals surface area contributed by atoms with Crippen molar-refractivity contribution in [2.45, 2.75) is 45.7 Å². The van der Waals surface area contributed by atoms with Crippen LogP contribution >= 0.6 is 0 Å². The van der Waals surface area contributed by atoms with Gasteiger partial charge in [-0.3, -0.25) is 4.79 Å². The molecule has 2 heterocycles. The molecule has 0 aromatic carbocycles. The Balaban J connectivity index is 2.86. The van der Waals surface area contributed by atoms with Crippen LogP contribution in [0.5, 0.6) is 0 Å². The molecule has 1 aromatic rings. The fraction of sp³-hybridized carbons (Fsp3) is 0.615. The molecule has 0 saturated carbocycles. The molecule has 98 valence electrons. The summed E-state index contributed by atoms with van der Waals surface area (Å²) in [6.07, 6.45) is -0.827.